The number of carbonyl (C=O) groups is 4. The molecule has 0 aromatic rings. The number of rotatable bonds is 4. The quantitative estimate of drug-likeness (QED) is 0.252. The summed E-state index contributed by atoms with van der Waals surface area (Å²) in [6.45, 7) is -0.287. The molecule has 0 aromatic carbocycles. The molecule has 2 atom stereocenters. The molecule has 0 amide bonds. The predicted molar refractivity (Wildman–Crippen MR) is 68.4 cm³/mol. The van der Waals surface area contributed by atoms with E-state index >= 15 is 0 Å². The number of carboxylic acids is 3. The maximum absolute atomic E-state index is 10.6. The van der Waals surface area contributed by atoms with Crippen molar-refractivity contribution in [1.29, 1.82) is 0 Å². The van der Waals surface area contributed by atoms with Crippen LogP contribution in [0.15, 0.2) is 0 Å². The van der Waals surface area contributed by atoms with Crippen LogP contribution >= 0.6 is 0 Å². The van der Waals surface area contributed by atoms with E-state index in [0.717, 1.165) is 0 Å². The maximum Gasteiger partial charge on any atom is 0.328 e. The molecule has 0 saturated carbocycles. The number of ketones is 1. The lowest BCUT2D eigenvalue weighted by Gasteiger charge is -1.98. The van der Waals surface area contributed by atoms with Crippen LogP contribution in [0.2, 0.25) is 0 Å². The highest BCUT2D eigenvalue weighted by Crippen LogP contribution is 1.99. The molecule has 21 heavy (non-hydrogen) atoms. The van der Waals surface area contributed by atoms with Crippen molar-refractivity contribution >= 4 is 23.7 Å². The van der Waals surface area contributed by atoms with Crippen molar-refractivity contribution in [3.05, 3.63) is 0 Å². The van der Waals surface area contributed by atoms with Crippen molar-refractivity contribution in [1.82, 2.24) is 5.32 Å². The van der Waals surface area contributed by atoms with Gasteiger partial charge in [-0.25, -0.2) is 0 Å². The van der Waals surface area contributed by atoms with E-state index < -0.39 is 36.6 Å². The topological polar surface area (TPSA) is 213 Å². The van der Waals surface area contributed by atoms with Crippen LogP contribution in [0.1, 0.15) is 6.42 Å². The summed E-state index contributed by atoms with van der Waals surface area (Å²) in [5, 5.41) is 34.4. The van der Waals surface area contributed by atoms with Crippen LogP contribution in [0, 0.1) is 0 Å². The van der Waals surface area contributed by atoms with Crippen LogP contribution in [0.3, 0.4) is 0 Å². The summed E-state index contributed by atoms with van der Waals surface area (Å²) in [5.41, 5.74) is 9.34. The fourth-order valence-corrected chi connectivity index (χ4v) is 0.901. The van der Waals surface area contributed by atoms with Crippen LogP contribution < -0.4 is 16.8 Å². The maximum atomic E-state index is 10.6. The fourth-order valence-electron chi connectivity index (χ4n) is 0.901. The molecule has 9 N–H and O–H groups in total. The number of nitrogens with two attached hydrogens (primary N) is 2. The fraction of sp³-hybridized carbons (Fsp3) is 0.600. The number of carbonyl (C=O) groups excluding carboxylic acids is 1. The van der Waals surface area contributed by atoms with Gasteiger partial charge in [0.15, 0.2) is 11.8 Å². The minimum atomic E-state index is -1.18. The van der Waals surface area contributed by atoms with Gasteiger partial charge in [-0.3, -0.25) is 24.5 Å². The first-order valence-electron chi connectivity index (χ1n) is 5.67. The van der Waals surface area contributed by atoms with E-state index in [1.807, 2.05) is 0 Å². The van der Waals surface area contributed by atoms with Crippen molar-refractivity contribution in [2.75, 3.05) is 19.7 Å². The van der Waals surface area contributed by atoms with Crippen molar-refractivity contribution in [3.63, 3.8) is 0 Å². The lowest BCUT2D eigenvalue weighted by molar-refractivity contribution is -0.142. The number of hydrogen-bond acceptors (Lipinski definition) is 8. The third kappa shape index (κ3) is 11.4. The first kappa shape index (κ1) is 21.2. The van der Waals surface area contributed by atoms with Gasteiger partial charge in [0.25, 0.3) is 0 Å². The Labute approximate surface area is 119 Å². The van der Waals surface area contributed by atoms with Crippen LogP contribution in [-0.2, 0) is 19.2 Å². The Morgan fingerprint density at radius 3 is 1.86 bits per heavy atom. The molecule has 1 saturated heterocycles. The first-order chi connectivity index (χ1) is 9.67. The first-order valence-corrected chi connectivity index (χ1v) is 5.67. The third-order valence-electron chi connectivity index (χ3n) is 1.98. The van der Waals surface area contributed by atoms with E-state index in [-0.39, 0.29) is 12.3 Å². The average Bonchev–Trinajstić information content (AvgIpc) is 2.85. The summed E-state index contributed by atoms with van der Waals surface area (Å²) in [7, 11) is 0. The van der Waals surface area contributed by atoms with E-state index in [1.165, 1.54) is 0 Å². The minimum absolute atomic E-state index is 0.220. The van der Waals surface area contributed by atoms with Crippen molar-refractivity contribution in [3.8, 4) is 0 Å². The summed E-state index contributed by atoms with van der Waals surface area (Å²) >= 11 is 0. The summed E-state index contributed by atoms with van der Waals surface area (Å²) in [6, 6.07) is -2.06. The van der Waals surface area contributed by atoms with E-state index in [1.54, 1.807) is 0 Å². The number of aliphatic hydroxyl groups is 1. The molecule has 1 fully saturated rings. The van der Waals surface area contributed by atoms with E-state index in [9.17, 15) is 19.2 Å². The zero-order chi connectivity index (χ0) is 17.0. The summed E-state index contributed by atoms with van der Waals surface area (Å²) in [6.07, 6.45) is 0.344. The number of hydrogen-bond donors (Lipinski definition) is 7. The number of nitrogens with one attached hydrogen (secondary N) is 1. The Bertz CT molecular complexity index is 373. The number of Topliss-reactive ketones (excluding diaryl/α,β-unsaturated/α-hetero) is 1. The number of carboxylic acid groups (broad SMARTS) is 3. The van der Waals surface area contributed by atoms with Gasteiger partial charge >= 0.3 is 17.9 Å². The molecule has 0 radical (unpaired) electrons. The molecule has 1 heterocycles. The normalized spacial score (nSPS) is 17.7. The highest BCUT2D eigenvalue weighted by atomic mass is 16.4. The van der Waals surface area contributed by atoms with E-state index in [2.05, 4.69) is 11.1 Å². The van der Waals surface area contributed by atoms with Crippen LogP contribution in [0.25, 0.3) is 0 Å². The number of aliphatic carboxylic acids is 3. The molecule has 1 aliphatic heterocycles. The van der Waals surface area contributed by atoms with Gasteiger partial charge in [0.1, 0.15) is 6.04 Å². The molecule has 0 aromatic heterocycles. The van der Waals surface area contributed by atoms with E-state index in [0.29, 0.717) is 13.0 Å². The highest BCUT2D eigenvalue weighted by Gasteiger charge is 2.29. The Balaban J connectivity index is 0. The van der Waals surface area contributed by atoms with Gasteiger partial charge in [-0.2, -0.15) is 0 Å². The molecule has 0 aliphatic carbocycles. The molecule has 122 valence electrons. The molecule has 1 aliphatic rings. The Kier molecular flexibility index (Phi) is 11.8. The lowest BCUT2D eigenvalue weighted by Crippen LogP contribution is -2.35. The van der Waals surface area contributed by atoms with Crippen molar-refractivity contribution < 1.29 is 39.6 Å². The summed E-state index contributed by atoms with van der Waals surface area (Å²) < 4.78 is 0. The second kappa shape index (κ2) is 11.7. The highest BCUT2D eigenvalue weighted by molar-refractivity contribution is 6.03. The smallest absolute Gasteiger partial charge is 0.328 e. The Morgan fingerprint density at radius 2 is 1.76 bits per heavy atom. The molecule has 11 nitrogen and oxygen atoms in total. The van der Waals surface area contributed by atoms with Gasteiger partial charge in [0, 0.05) is 13.0 Å². The predicted octanol–water partition coefficient (Wildman–Crippen LogP) is -3.58. The second-order valence-corrected chi connectivity index (χ2v) is 3.67. The average molecular weight is 309 g/mol. The third-order valence-corrected chi connectivity index (χ3v) is 1.98. The number of aliphatic hydroxyl groups excluding tert-OH is 1. The van der Waals surface area contributed by atoms with Crippen LogP contribution in [0.5, 0.6) is 0 Å². The summed E-state index contributed by atoms with van der Waals surface area (Å²) in [5.74, 6) is -3.44. The summed E-state index contributed by atoms with van der Waals surface area (Å²) in [4.78, 5) is 39.6. The minimum Gasteiger partial charge on any atom is -0.480 e. The van der Waals surface area contributed by atoms with Gasteiger partial charge in [-0.1, -0.05) is 0 Å². The molecular formula is C10H19N3O8. The van der Waals surface area contributed by atoms with Gasteiger partial charge in [-0.15, -0.1) is 0 Å². The van der Waals surface area contributed by atoms with E-state index in [4.69, 9.17) is 26.2 Å². The second-order valence-electron chi connectivity index (χ2n) is 3.67. The zero-order valence-corrected chi connectivity index (χ0v) is 11.1. The van der Waals surface area contributed by atoms with Crippen LogP contribution in [-0.4, -0.2) is 75.9 Å². The van der Waals surface area contributed by atoms with Gasteiger partial charge in [-0.05, 0) is 0 Å². The van der Waals surface area contributed by atoms with Crippen molar-refractivity contribution in [2.24, 2.45) is 11.5 Å². The standard InChI is InChI=1S/C5H7NO3.C3H7NO3.C2H5NO2/c7-3-1-2-6-4(3)5(8)9;4-2(1-5)3(6)7;3-1-2(4)5/h4,6H,1-2H2,(H,8,9);2,5H,1,4H2,(H,6,7);1,3H2,(H,4,5)/t4-;;/m0../s1. The molecule has 1 rings (SSSR count). The molecule has 11 heteroatoms. The zero-order valence-electron chi connectivity index (χ0n) is 11.1. The molecular weight excluding hydrogens is 290 g/mol. The lowest BCUT2D eigenvalue weighted by atomic mass is 10.2. The van der Waals surface area contributed by atoms with Crippen LogP contribution in [0.4, 0.5) is 0 Å². The van der Waals surface area contributed by atoms with Gasteiger partial charge in [0.05, 0.1) is 13.2 Å². The van der Waals surface area contributed by atoms with Gasteiger partial charge in [0.2, 0.25) is 0 Å². The molecule has 1 unspecified atom stereocenters. The van der Waals surface area contributed by atoms with Crippen molar-refractivity contribution in [2.45, 2.75) is 18.5 Å². The molecule has 0 bridgehead atoms. The SMILES string of the molecule is NC(CO)C(=O)O.NCC(=O)O.O=C(O)[C@H]1NCCC1=O. The Morgan fingerprint density at radius 1 is 1.29 bits per heavy atom. The van der Waals surface area contributed by atoms with Gasteiger partial charge < -0.3 is 31.9 Å². The Hall–Kier alpha value is -2.08. The largest absolute Gasteiger partial charge is 0.480 e. The monoisotopic (exact) mass is 309 g/mol. The molecule has 0 spiro atoms.